The highest BCUT2D eigenvalue weighted by molar-refractivity contribution is 9.26. The van der Waals surface area contributed by atoms with Gasteiger partial charge in [-0.3, -0.25) is 0 Å². The Bertz CT molecular complexity index is 1120. The van der Waals surface area contributed by atoms with Crippen LogP contribution < -0.4 is 20.7 Å². The highest BCUT2D eigenvalue weighted by Crippen LogP contribution is 2.44. The number of benzene rings is 4. The maximum Gasteiger partial charge on any atom is 0.255 e. The molecule has 0 saturated heterocycles. The van der Waals surface area contributed by atoms with Gasteiger partial charge in [-0.25, -0.2) is 0 Å². The Morgan fingerprint density at radius 1 is 0.455 bits per heavy atom. The third-order valence-electron chi connectivity index (χ3n) is 7.70. The Hall–Kier alpha value is -1.37. The molecule has 0 heterocycles. The van der Waals surface area contributed by atoms with Crippen molar-refractivity contribution in [3.63, 3.8) is 0 Å². The van der Waals surface area contributed by atoms with Gasteiger partial charge in [0.15, 0.2) is 0 Å². The lowest BCUT2D eigenvalue weighted by Crippen LogP contribution is -2.60. The van der Waals surface area contributed by atoms with Gasteiger partial charge in [-0.15, -0.1) is 0 Å². The molecule has 0 amide bonds. The molecular weight excluding hydrogens is 649 g/mol. The third-order valence-corrected chi connectivity index (χ3v) is 22.9. The smallest absolute Gasteiger partial charge is 0.255 e. The van der Waals surface area contributed by atoms with Crippen LogP contribution in [0, 0.1) is 0 Å². The normalized spacial score (nSPS) is 12.0. The van der Waals surface area contributed by atoms with Crippen molar-refractivity contribution in [1.82, 2.24) is 0 Å². The van der Waals surface area contributed by atoms with Gasteiger partial charge in [-0.05, 0) is 78.2 Å². The summed E-state index contributed by atoms with van der Waals surface area (Å²) in [5, 5.41) is 5.54. The van der Waals surface area contributed by atoms with Gasteiger partial charge >= 0.3 is 0 Å². The monoisotopic (exact) mass is 694 g/mol. The first-order chi connectivity index (χ1) is 21.7. The zero-order valence-corrected chi connectivity index (χ0v) is 31.3. The average molecular weight is 695 g/mol. The molecule has 0 unspecified atom stereocenters. The van der Waals surface area contributed by atoms with Gasteiger partial charge in [0, 0.05) is 24.7 Å². The minimum atomic E-state index is -2.28. The van der Waals surface area contributed by atoms with Gasteiger partial charge < -0.3 is 8.85 Å². The van der Waals surface area contributed by atoms with Gasteiger partial charge in [-0.1, -0.05) is 157 Å². The summed E-state index contributed by atoms with van der Waals surface area (Å²) in [4.78, 5) is 0. The van der Waals surface area contributed by atoms with Crippen molar-refractivity contribution >= 4 is 78.6 Å². The molecule has 0 atom stereocenters. The zero-order valence-electron chi connectivity index (χ0n) is 26.1. The van der Waals surface area contributed by atoms with Crippen LogP contribution in [0.15, 0.2) is 121 Å². The second-order valence-electron chi connectivity index (χ2n) is 10.8. The van der Waals surface area contributed by atoms with Crippen molar-refractivity contribution in [2.24, 2.45) is 0 Å². The SMILES string of the molecule is CCCO[Si](CCCSSSSCCC[Si](OCCC)(c1ccccc1)c1ccccc1)(c1ccccc1)c1ccccc1. The summed E-state index contributed by atoms with van der Waals surface area (Å²) in [5.41, 5.74) is 0. The van der Waals surface area contributed by atoms with Crippen LogP contribution >= 0.6 is 41.2 Å². The molecule has 4 aromatic carbocycles. The first-order valence-electron chi connectivity index (χ1n) is 15.8. The van der Waals surface area contributed by atoms with E-state index in [2.05, 4.69) is 135 Å². The Balaban J connectivity index is 1.27. The minimum absolute atomic E-state index is 0.812. The van der Waals surface area contributed by atoms with Crippen molar-refractivity contribution in [2.75, 3.05) is 24.7 Å². The molecule has 2 nitrogen and oxygen atoms in total. The first-order valence-corrected chi connectivity index (χ1v) is 25.2. The molecule has 0 saturated carbocycles. The Morgan fingerprint density at radius 3 is 1.02 bits per heavy atom. The second kappa shape index (κ2) is 20.0. The van der Waals surface area contributed by atoms with Crippen molar-refractivity contribution in [2.45, 2.75) is 51.6 Å². The molecule has 0 radical (unpaired) electrons. The minimum Gasteiger partial charge on any atom is -0.408 e. The standard InChI is InChI=1S/C36H46O2S4Si2/c1-3-27-37-43(33-19-9-5-10-20-33,34-21-11-6-12-22-34)31-17-29-39-41-42-40-30-18-32-44(38-28-4-2,35-23-13-7-14-24-35)36-25-15-8-16-26-36/h5-16,19-26H,3-4,17-18,27-32H2,1-2H3. The molecular formula is C36H46O2S4Si2. The molecule has 4 rings (SSSR count). The first kappa shape index (κ1) is 35.5. The molecule has 0 aromatic heterocycles. The molecule has 0 aliphatic carbocycles. The van der Waals surface area contributed by atoms with E-state index < -0.39 is 16.6 Å². The van der Waals surface area contributed by atoms with E-state index in [1.807, 2.05) is 41.2 Å². The zero-order chi connectivity index (χ0) is 30.8. The molecule has 0 bridgehead atoms. The predicted octanol–water partition coefficient (Wildman–Crippen LogP) is 8.82. The molecule has 0 spiro atoms. The van der Waals surface area contributed by atoms with Gasteiger partial charge in [0.05, 0.1) is 0 Å². The van der Waals surface area contributed by atoms with Crippen LogP contribution in [-0.2, 0) is 8.85 Å². The lowest BCUT2D eigenvalue weighted by Gasteiger charge is -2.32. The quantitative estimate of drug-likeness (QED) is 0.0490. The van der Waals surface area contributed by atoms with Crippen LogP contribution in [0.4, 0.5) is 0 Å². The van der Waals surface area contributed by atoms with Crippen LogP contribution in [0.3, 0.4) is 0 Å². The van der Waals surface area contributed by atoms with Gasteiger partial charge in [0.1, 0.15) is 0 Å². The summed E-state index contributed by atoms with van der Waals surface area (Å²) in [7, 11) is 3.27. The third kappa shape index (κ3) is 10.1. The average Bonchev–Trinajstić information content (AvgIpc) is 3.10. The summed E-state index contributed by atoms with van der Waals surface area (Å²) in [5.74, 6) is 2.26. The van der Waals surface area contributed by atoms with Crippen LogP contribution in [0.5, 0.6) is 0 Å². The van der Waals surface area contributed by atoms with Crippen molar-refractivity contribution in [3.8, 4) is 0 Å². The van der Waals surface area contributed by atoms with E-state index >= 15 is 0 Å². The van der Waals surface area contributed by atoms with Gasteiger partial charge in [0.2, 0.25) is 0 Å². The Labute approximate surface area is 283 Å². The topological polar surface area (TPSA) is 18.5 Å². The van der Waals surface area contributed by atoms with E-state index in [0.29, 0.717) is 0 Å². The van der Waals surface area contributed by atoms with E-state index in [1.165, 1.54) is 20.7 Å². The molecule has 8 heteroatoms. The van der Waals surface area contributed by atoms with Crippen LogP contribution in [0.1, 0.15) is 39.5 Å². The molecule has 0 N–H and O–H groups in total. The molecule has 0 fully saturated rings. The van der Waals surface area contributed by atoms with Gasteiger partial charge in [-0.2, -0.15) is 0 Å². The van der Waals surface area contributed by atoms with E-state index in [4.69, 9.17) is 8.85 Å². The highest BCUT2D eigenvalue weighted by atomic mass is 33.7. The van der Waals surface area contributed by atoms with E-state index in [0.717, 1.165) is 62.5 Å². The molecule has 0 aliphatic rings. The number of hydrogen-bond donors (Lipinski definition) is 0. The lowest BCUT2D eigenvalue weighted by molar-refractivity contribution is 0.314. The maximum atomic E-state index is 6.85. The van der Waals surface area contributed by atoms with Gasteiger partial charge in [0.25, 0.3) is 16.6 Å². The second-order valence-corrected chi connectivity index (χ2v) is 24.2. The summed E-state index contributed by atoms with van der Waals surface area (Å²) in [6.45, 7) is 6.04. The summed E-state index contributed by atoms with van der Waals surface area (Å²) in [6.07, 6.45) is 4.38. The highest BCUT2D eigenvalue weighted by Gasteiger charge is 2.40. The predicted molar refractivity (Wildman–Crippen MR) is 207 cm³/mol. The molecule has 44 heavy (non-hydrogen) atoms. The van der Waals surface area contributed by atoms with Crippen molar-refractivity contribution in [1.29, 1.82) is 0 Å². The fraction of sp³-hybridized carbons (Fsp3) is 0.333. The molecule has 234 valence electrons. The fourth-order valence-corrected chi connectivity index (χ4v) is 20.4. The maximum absolute atomic E-state index is 6.85. The molecule has 0 aliphatic heterocycles. The summed E-state index contributed by atoms with van der Waals surface area (Å²) >= 11 is 0. The Morgan fingerprint density at radius 2 is 0.750 bits per heavy atom. The number of hydrogen-bond acceptors (Lipinski definition) is 6. The van der Waals surface area contributed by atoms with E-state index in [-0.39, 0.29) is 0 Å². The van der Waals surface area contributed by atoms with Crippen molar-refractivity contribution in [3.05, 3.63) is 121 Å². The lowest BCUT2D eigenvalue weighted by atomic mass is 10.4. The van der Waals surface area contributed by atoms with Crippen LogP contribution in [0.25, 0.3) is 0 Å². The Kier molecular flexibility index (Phi) is 16.1. The van der Waals surface area contributed by atoms with Crippen LogP contribution in [0.2, 0.25) is 12.1 Å². The summed E-state index contributed by atoms with van der Waals surface area (Å²) < 4.78 is 13.7. The van der Waals surface area contributed by atoms with Crippen molar-refractivity contribution < 1.29 is 8.85 Å². The van der Waals surface area contributed by atoms with E-state index in [1.54, 1.807) is 0 Å². The van der Waals surface area contributed by atoms with Crippen LogP contribution in [-0.4, -0.2) is 41.4 Å². The summed E-state index contributed by atoms with van der Waals surface area (Å²) in [6, 6.07) is 46.2. The number of rotatable bonds is 21. The molecule has 4 aromatic rings. The van der Waals surface area contributed by atoms with E-state index in [9.17, 15) is 0 Å². The largest absolute Gasteiger partial charge is 0.408 e. The fourth-order valence-electron chi connectivity index (χ4n) is 5.64.